The molecule has 1 saturated carbocycles. The van der Waals surface area contributed by atoms with Crippen LogP contribution in [0.4, 0.5) is 8.78 Å². The first kappa shape index (κ1) is 15.9. The van der Waals surface area contributed by atoms with Crippen LogP contribution in [-0.4, -0.2) is 14.8 Å². The van der Waals surface area contributed by atoms with E-state index in [-0.39, 0.29) is 11.6 Å². The lowest BCUT2D eigenvalue weighted by atomic mass is 9.94. The van der Waals surface area contributed by atoms with Crippen molar-refractivity contribution in [1.29, 1.82) is 0 Å². The van der Waals surface area contributed by atoms with Crippen LogP contribution in [0.15, 0.2) is 48.5 Å². The number of benzene rings is 2. The van der Waals surface area contributed by atoms with Crippen LogP contribution in [0.2, 0.25) is 0 Å². The largest absolute Gasteiger partial charge is 0.304 e. The van der Waals surface area contributed by atoms with Crippen LogP contribution in [0.3, 0.4) is 0 Å². The molecule has 0 N–H and O–H groups in total. The molecule has 1 aromatic heterocycles. The SMILES string of the molecule is Fc1ccc(-c2nnc(-c3ccc(F)cc3)n2C2CCCCC2)cc1. The highest BCUT2D eigenvalue weighted by molar-refractivity contribution is 5.63. The van der Waals surface area contributed by atoms with Gasteiger partial charge >= 0.3 is 0 Å². The zero-order valence-corrected chi connectivity index (χ0v) is 13.8. The summed E-state index contributed by atoms with van der Waals surface area (Å²) in [4.78, 5) is 0. The van der Waals surface area contributed by atoms with Gasteiger partial charge < -0.3 is 4.57 Å². The van der Waals surface area contributed by atoms with E-state index in [0.717, 1.165) is 35.6 Å². The van der Waals surface area contributed by atoms with Gasteiger partial charge in [-0.3, -0.25) is 0 Å². The van der Waals surface area contributed by atoms with Crippen molar-refractivity contribution in [3.63, 3.8) is 0 Å². The van der Waals surface area contributed by atoms with Crippen molar-refractivity contribution in [2.75, 3.05) is 0 Å². The first-order valence-electron chi connectivity index (χ1n) is 8.69. The molecule has 1 heterocycles. The van der Waals surface area contributed by atoms with Crippen molar-refractivity contribution in [2.24, 2.45) is 0 Å². The number of nitrogens with zero attached hydrogens (tertiary/aromatic N) is 3. The van der Waals surface area contributed by atoms with Crippen molar-refractivity contribution in [3.05, 3.63) is 60.2 Å². The Morgan fingerprint density at radius 1 is 0.680 bits per heavy atom. The minimum atomic E-state index is -0.272. The quantitative estimate of drug-likeness (QED) is 0.640. The molecular formula is C20H19F2N3. The Morgan fingerprint density at radius 2 is 1.12 bits per heavy atom. The van der Waals surface area contributed by atoms with Crippen LogP contribution < -0.4 is 0 Å². The van der Waals surface area contributed by atoms with Gasteiger partial charge in [0.25, 0.3) is 0 Å². The van der Waals surface area contributed by atoms with Gasteiger partial charge in [0.2, 0.25) is 0 Å². The Kier molecular flexibility index (Phi) is 4.30. The lowest BCUT2D eigenvalue weighted by Crippen LogP contribution is -2.15. The van der Waals surface area contributed by atoms with Crippen LogP contribution in [0.25, 0.3) is 22.8 Å². The average molecular weight is 339 g/mol. The molecule has 1 aliphatic carbocycles. The first-order chi connectivity index (χ1) is 12.2. The van der Waals surface area contributed by atoms with Crippen LogP contribution in [0, 0.1) is 11.6 Å². The van der Waals surface area contributed by atoms with Gasteiger partial charge in [0.1, 0.15) is 11.6 Å². The molecule has 2 aromatic carbocycles. The van der Waals surface area contributed by atoms with Crippen LogP contribution in [0.1, 0.15) is 38.1 Å². The number of hydrogen-bond acceptors (Lipinski definition) is 2. The Labute approximate surface area is 145 Å². The lowest BCUT2D eigenvalue weighted by Gasteiger charge is -2.26. The number of aromatic nitrogens is 3. The fraction of sp³-hybridized carbons (Fsp3) is 0.300. The second kappa shape index (κ2) is 6.75. The molecule has 0 saturated heterocycles. The summed E-state index contributed by atoms with van der Waals surface area (Å²) >= 11 is 0. The maximum Gasteiger partial charge on any atom is 0.164 e. The fourth-order valence-electron chi connectivity index (χ4n) is 3.57. The molecule has 128 valence electrons. The Morgan fingerprint density at radius 3 is 1.56 bits per heavy atom. The highest BCUT2D eigenvalue weighted by Crippen LogP contribution is 2.35. The monoisotopic (exact) mass is 339 g/mol. The van der Waals surface area contributed by atoms with Gasteiger partial charge in [-0.2, -0.15) is 0 Å². The zero-order valence-electron chi connectivity index (χ0n) is 13.8. The van der Waals surface area contributed by atoms with Crippen molar-refractivity contribution >= 4 is 0 Å². The van der Waals surface area contributed by atoms with Crippen molar-refractivity contribution in [1.82, 2.24) is 14.8 Å². The Hall–Kier alpha value is -2.56. The van der Waals surface area contributed by atoms with Crippen LogP contribution >= 0.6 is 0 Å². The molecule has 0 bridgehead atoms. The molecule has 1 fully saturated rings. The summed E-state index contributed by atoms with van der Waals surface area (Å²) in [6.07, 6.45) is 5.74. The van der Waals surface area contributed by atoms with Crippen molar-refractivity contribution < 1.29 is 8.78 Å². The van der Waals surface area contributed by atoms with Crippen LogP contribution in [-0.2, 0) is 0 Å². The van der Waals surface area contributed by atoms with Gasteiger partial charge in [-0.15, -0.1) is 10.2 Å². The normalized spacial score (nSPS) is 15.4. The molecule has 0 unspecified atom stereocenters. The van der Waals surface area contributed by atoms with E-state index < -0.39 is 0 Å². The number of hydrogen-bond donors (Lipinski definition) is 0. The lowest BCUT2D eigenvalue weighted by molar-refractivity contribution is 0.357. The molecule has 0 radical (unpaired) electrons. The molecule has 3 nitrogen and oxygen atoms in total. The molecule has 25 heavy (non-hydrogen) atoms. The average Bonchev–Trinajstić information content (AvgIpc) is 3.09. The fourth-order valence-corrected chi connectivity index (χ4v) is 3.57. The van der Waals surface area contributed by atoms with Crippen molar-refractivity contribution in [2.45, 2.75) is 38.1 Å². The number of halogens is 2. The number of rotatable bonds is 3. The van der Waals surface area contributed by atoms with Crippen molar-refractivity contribution in [3.8, 4) is 22.8 Å². The van der Waals surface area contributed by atoms with Gasteiger partial charge in [-0.25, -0.2) is 8.78 Å². The second-order valence-electron chi connectivity index (χ2n) is 6.52. The molecule has 0 atom stereocenters. The molecule has 3 aromatic rings. The van der Waals surface area contributed by atoms with Crippen LogP contribution in [0.5, 0.6) is 0 Å². The maximum absolute atomic E-state index is 13.3. The van der Waals surface area contributed by atoms with E-state index in [1.807, 2.05) is 0 Å². The minimum Gasteiger partial charge on any atom is -0.304 e. The zero-order chi connectivity index (χ0) is 17.2. The summed E-state index contributed by atoms with van der Waals surface area (Å²) < 4.78 is 28.7. The Balaban J connectivity index is 1.83. The third-order valence-corrected chi connectivity index (χ3v) is 4.84. The van der Waals surface area contributed by atoms with E-state index in [1.54, 1.807) is 24.3 Å². The summed E-state index contributed by atoms with van der Waals surface area (Å²) in [5, 5.41) is 8.77. The summed E-state index contributed by atoms with van der Waals surface area (Å²) in [6.45, 7) is 0. The molecule has 1 aliphatic rings. The predicted molar refractivity (Wildman–Crippen MR) is 92.9 cm³/mol. The molecular weight excluding hydrogens is 320 g/mol. The standard InChI is InChI=1S/C20H19F2N3/c21-16-10-6-14(7-11-16)19-23-24-20(15-8-12-17(22)13-9-15)25(19)18-4-2-1-3-5-18/h6-13,18H,1-5H2. The van der Waals surface area contributed by atoms with Gasteiger partial charge in [-0.05, 0) is 61.4 Å². The minimum absolute atomic E-state index is 0.272. The first-order valence-corrected chi connectivity index (χ1v) is 8.69. The molecule has 4 rings (SSSR count). The third-order valence-electron chi connectivity index (χ3n) is 4.84. The van der Waals surface area contributed by atoms with Gasteiger partial charge in [-0.1, -0.05) is 19.3 Å². The summed E-state index contributed by atoms with van der Waals surface area (Å²) in [7, 11) is 0. The van der Waals surface area contributed by atoms with Gasteiger partial charge in [0, 0.05) is 17.2 Å². The smallest absolute Gasteiger partial charge is 0.164 e. The van der Waals surface area contributed by atoms with Gasteiger partial charge in [0.05, 0.1) is 0 Å². The van der Waals surface area contributed by atoms with E-state index in [1.165, 1.54) is 43.5 Å². The van der Waals surface area contributed by atoms with E-state index in [9.17, 15) is 8.78 Å². The highest BCUT2D eigenvalue weighted by atomic mass is 19.1. The topological polar surface area (TPSA) is 30.7 Å². The van der Waals surface area contributed by atoms with Gasteiger partial charge in [0.15, 0.2) is 11.6 Å². The van der Waals surface area contributed by atoms with E-state index in [0.29, 0.717) is 6.04 Å². The molecule has 0 amide bonds. The van der Waals surface area contributed by atoms with E-state index >= 15 is 0 Å². The molecule has 5 heteroatoms. The molecule has 0 aliphatic heterocycles. The summed E-state index contributed by atoms with van der Waals surface area (Å²) in [5.74, 6) is 0.940. The third kappa shape index (κ3) is 3.18. The maximum atomic E-state index is 13.3. The summed E-state index contributed by atoms with van der Waals surface area (Å²) in [5.41, 5.74) is 1.68. The summed E-state index contributed by atoms with van der Waals surface area (Å²) in [6, 6.07) is 13.0. The van der Waals surface area contributed by atoms with E-state index in [4.69, 9.17) is 0 Å². The molecule has 0 spiro atoms. The second-order valence-corrected chi connectivity index (χ2v) is 6.52. The predicted octanol–water partition coefficient (Wildman–Crippen LogP) is 5.40. The Bertz CT molecular complexity index is 785. The van der Waals surface area contributed by atoms with E-state index in [2.05, 4.69) is 14.8 Å². The highest BCUT2D eigenvalue weighted by Gasteiger charge is 2.24.